The van der Waals surface area contributed by atoms with Crippen molar-refractivity contribution >= 4 is 5.82 Å². The van der Waals surface area contributed by atoms with Crippen LogP contribution in [0.15, 0.2) is 18.3 Å². The number of nitrogens with zero attached hydrogens (tertiary/aromatic N) is 2. The summed E-state index contributed by atoms with van der Waals surface area (Å²) in [4.78, 5) is 6.85. The molecule has 2 saturated heterocycles. The van der Waals surface area contributed by atoms with Crippen molar-refractivity contribution in [2.45, 2.75) is 38.2 Å². The normalized spacial score (nSPS) is 23.2. The zero-order valence-electron chi connectivity index (χ0n) is 10.5. The predicted molar refractivity (Wildman–Crippen MR) is 68.3 cm³/mol. The number of aromatic nitrogens is 1. The number of hydrogen-bond acceptors (Lipinski definition) is 3. The lowest BCUT2D eigenvalue weighted by Crippen LogP contribution is -2.44. The molecule has 17 heavy (non-hydrogen) atoms. The highest BCUT2D eigenvalue weighted by atomic mass is 16.5. The quantitative estimate of drug-likeness (QED) is 0.744. The smallest absolute Gasteiger partial charge is 0.128 e. The van der Waals surface area contributed by atoms with Crippen LogP contribution in [0.1, 0.15) is 31.2 Å². The van der Waals surface area contributed by atoms with Crippen LogP contribution in [-0.4, -0.2) is 30.3 Å². The molecule has 3 rings (SSSR count). The van der Waals surface area contributed by atoms with E-state index >= 15 is 0 Å². The molecule has 2 aliphatic heterocycles. The molecule has 3 heterocycles. The number of aryl methyl sites for hydroxylation is 1. The van der Waals surface area contributed by atoms with Crippen LogP contribution in [-0.2, 0) is 4.74 Å². The molecule has 0 aromatic carbocycles. The third-order valence-corrected chi connectivity index (χ3v) is 4.08. The lowest BCUT2D eigenvalue weighted by atomic mass is 9.89. The maximum atomic E-state index is 5.94. The Bertz CT molecular complexity index is 389. The summed E-state index contributed by atoms with van der Waals surface area (Å²) in [6, 6.07) is 4.22. The van der Waals surface area contributed by atoms with Gasteiger partial charge < -0.3 is 9.64 Å². The van der Waals surface area contributed by atoms with Crippen LogP contribution >= 0.6 is 0 Å². The average molecular weight is 232 g/mol. The Morgan fingerprint density at radius 1 is 1.29 bits per heavy atom. The first-order chi connectivity index (χ1) is 8.27. The second-order valence-electron chi connectivity index (χ2n) is 5.31. The molecule has 3 nitrogen and oxygen atoms in total. The maximum absolute atomic E-state index is 5.94. The Hall–Kier alpha value is -1.09. The van der Waals surface area contributed by atoms with Crippen LogP contribution in [0.25, 0.3) is 0 Å². The van der Waals surface area contributed by atoms with E-state index in [2.05, 4.69) is 28.9 Å². The van der Waals surface area contributed by atoms with Crippen molar-refractivity contribution in [1.82, 2.24) is 4.98 Å². The van der Waals surface area contributed by atoms with E-state index < -0.39 is 0 Å². The first-order valence-corrected chi connectivity index (χ1v) is 6.59. The van der Waals surface area contributed by atoms with Gasteiger partial charge in [-0.25, -0.2) is 4.98 Å². The van der Waals surface area contributed by atoms with Gasteiger partial charge in [0.05, 0.1) is 5.60 Å². The van der Waals surface area contributed by atoms with Crippen molar-refractivity contribution in [2.24, 2.45) is 0 Å². The summed E-state index contributed by atoms with van der Waals surface area (Å²) in [5, 5.41) is 0. The van der Waals surface area contributed by atoms with Gasteiger partial charge in [-0.3, -0.25) is 0 Å². The summed E-state index contributed by atoms with van der Waals surface area (Å²) in [6.07, 6.45) is 6.71. The molecule has 0 radical (unpaired) electrons. The highest BCUT2D eigenvalue weighted by Gasteiger charge is 2.38. The van der Waals surface area contributed by atoms with Crippen molar-refractivity contribution in [3.05, 3.63) is 23.9 Å². The fourth-order valence-corrected chi connectivity index (χ4v) is 2.99. The van der Waals surface area contributed by atoms with Gasteiger partial charge in [-0.15, -0.1) is 0 Å². The molecule has 1 aromatic rings. The van der Waals surface area contributed by atoms with E-state index in [-0.39, 0.29) is 5.60 Å². The lowest BCUT2D eigenvalue weighted by Gasteiger charge is -2.39. The molecule has 0 saturated carbocycles. The van der Waals surface area contributed by atoms with E-state index in [4.69, 9.17) is 4.74 Å². The van der Waals surface area contributed by atoms with Gasteiger partial charge in [0.1, 0.15) is 5.82 Å². The van der Waals surface area contributed by atoms with E-state index in [9.17, 15) is 0 Å². The Balaban J connectivity index is 1.68. The van der Waals surface area contributed by atoms with Gasteiger partial charge >= 0.3 is 0 Å². The standard InChI is InChI=1S/C14H20N2O/c1-12-3-7-15-13(11-12)16-8-5-14(6-9-16)4-2-10-17-14/h3,7,11H,2,4-6,8-10H2,1H3. The van der Waals surface area contributed by atoms with Gasteiger partial charge in [-0.1, -0.05) is 0 Å². The first kappa shape index (κ1) is 11.0. The molecule has 2 fully saturated rings. The number of anilines is 1. The average Bonchev–Trinajstić information content (AvgIpc) is 2.79. The van der Waals surface area contributed by atoms with Gasteiger partial charge in [-0.2, -0.15) is 0 Å². The van der Waals surface area contributed by atoms with Crippen molar-refractivity contribution in [1.29, 1.82) is 0 Å². The van der Waals surface area contributed by atoms with Crippen LogP contribution in [0.4, 0.5) is 5.82 Å². The molecule has 0 amide bonds. The number of rotatable bonds is 1. The summed E-state index contributed by atoms with van der Waals surface area (Å²) in [5.74, 6) is 1.12. The monoisotopic (exact) mass is 232 g/mol. The molecule has 3 heteroatoms. The Kier molecular flexibility index (Phi) is 2.79. The van der Waals surface area contributed by atoms with Gasteiger partial charge in [0.2, 0.25) is 0 Å². The van der Waals surface area contributed by atoms with Crippen molar-refractivity contribution in [3.8, 4) is 0 Å². The molecule has 0 N–H and O–H groups in total. The minimum atomic E-state index is 0.209. The zero-order valence-corrected chi connectivity index (χ0v) is 10.5. The highest BCUT2D eigenvalue weighted by molar-refractivity contribution is 5.41. The summed E-state index contributed by atoms with van der Waals surface area (Å²) in [5.41, 5.74) is 1.49. The van der Waals surface area contributed by atoms with Crippen molar-refractivity contribution < 1.29 is 4.74 Å². The lowest BCUT2D eigenvalue weighted by molar-refractivity contribution is -0.0147. The Morgan fingerprint density at radius 2 is 2.12 bits per heavy atom. The summed E-state index contributed by atoms with van der Waals surface area (Å²) < 4.78 is 5.94. The van der Waals surface area contributed by atoms with Gasteiger partial charge in [0.25, 0.3) is 0 Å². The second kappa shape index (κ2) is 4.30. The molecule has 2 aliphatic rings. The summed E-state index contributed by atoms with van der Waals surface area (Å²) >= 11 is 0. The molecule has 0 atom stereocenters. The molecular weight excluding hydrogens is 212 g/mol. The molecule has 0 unspecified atom stereocenters. The van der Waals surface area contributed by atoms with E-state index in [0.717, 1.165) is 38.4 Å². The largest absolute Gasteiger partial charge is 0.375 e. The third kappa shape index (κ3) is 2.16. The second-order valence-corrected chi connectivity index (χ2v) is 5.31. The van der Waals surface area contributed by atoms with Gasteiger partial charge in [0, 0.05) is 25.9 Å². The Labute approximate surface area is 103 Å². The van der Waals surface area contributed by atoms with Crippen molar-refractivity contribution in [2.75, 3.05) is 24.6 Å². The number of piperidine rings is 1. The fraction of sp³-hybridized carbons (Fsp3) is 0.643. The number of hydrogen-bond donors (Lipinski definition) is 0. The van der Waals surface area contributed by atoms with Gasteiger partial charge in [-0.05, 0) is 50.3 Å². The fourth-order valence-electron chi connectivity index (χ4n) is 2.99. The SMILES string of the molecule is Cc1ccnc(N2CCC3(CCCO3)CC2)c1. The topological polar surface area (TPSA) is 25.4 Å². The highest BCUT2D eigenvalue weighted by Crippen LogP contribution is 2.36. The summed E-state index contributed by atoms with van der Waals surface area (Å²) in [6.45, 7) is 5.24. The summed E-state index contributed by atoms with van der Waals surface area (Å²) in [7, 11) is 0. The van der Waals surface area contributed by atoms with E-state index in [0.29, 0.717) is 0 Å². The Morgan fingerprint density at radius 3 is 2.76 bits per heavy atom. The van der Waals surface area contributed by atoms with E-state index in [1.807, 2.05) is 6.20 Å². The maximum Gasteiger partial charge on any atom is 0.128 e. The predicted octanol–water partition coefficient (Wildman–Crippen LogP) is 2.54. The zero-order chi connectivity index (χ0) is 11.7. The molecule has 1 spiro atoms. The van der Waals surface area contributed by atoms with E-state index in [1.54, 1.807) is 0 Å². The molecule has 1 aromatic heterocycles. The third-order valence-electron chi connectivity index (χ3n) is 4.08. The van der Waals surface area contributed by atoms with Crippen molar-refractivity contribution in [3.63, 3.8) is 0 Å². The van der Waals surface area contributed by atoms with Crippen LogP contribution < -0.4 is 4.90 Å². The number of pyridine rings is 1. The minimum absolute atomic E-state index is 0.209. The molecular formula is C14H20N2O. The van der Waals surface area contributed by atoms with E-state index in [1.165, 1.54) is 18.4 Å². The molecule has 92 valence electrons. The number of ether oxygens (including phenoxy) is 1. The van der Waals surface area contributed by atoms with Crippen LogP contribution in [0, 0.1) is 6.92 Å². The van der Waals surface area contributed by atoms with Gasteiger partial charge in [0.15, 0.2) is 0 Å². The minimum Gasteiger partial charge on any atom is -0.375 e. The molecule has 0 bridgehead atoms. The van der Waals surface area contributed by atoms with Crippen LogP contribution in [0.2, 0.25) is 0 Å². The van der Waals surface area contributed by atoms with Crippen LogP contribution in [0.5, 0.6) is 0 Å². The molecule has 0 aliphatic carbocycles. The first-order valence-electron chi connectivity index (χ1n) is 6.59. The van der Waals surface area contributed by atoms with Crippen LogP contribution in [0.3, 0.4) is 0 Å².